The van der Waals surface area contributed by atoms with E-state index in [1.807, 2.05) is 0 Å². The molecule has 0 aromatic heterocycles. The van der Waals surface area contributed by atoms with Gasteiger partial charge >= 0.3 is 236 Å². The Kier molecular flexibility index (Phi) is 13.8. The van der Waals surface area contributed by atoms with Crippen LogP contribution in [0.3, 0.4) is 0 Å². The molecule has 216 valence electrons. The van der Waals surface area contributed by atoms with E-state index in [4.69, 9.17) is 0 Å². The Balaban J connectivity index is 5.46. The number of hydrogen-bond donors (Lipinski definition) is 0. The zero-order valence-corrected chi connectivity index (χ0v) is 31.0. The fourth-order valence-electron chi connectivity index (χ4n) is 5.77. The molecule has 0 saturated carbocycles. The van der Waals surface area contributed by atoms with Gasteiger partial charge in [-0.15, -0.1) is 0 Å². The maximum absolute atomic E-state index is 2.51. The first kappa shape index (κ1) is 36.5. The second-order valence-electron chi connectivity index (χ2n) is 18.1. The molecule has 0 heterocycles. The quantitative estimate of drug-likeness (QED) is 0.129. The van der Waals surface area contributed by atoms with E-state index in [0.29, 0.717) is 32.5 Å². The van der Waals surface area contributed by atoms with Gasteiger partial charge in [-0.05, 0) is 0 Å². The predicted molar refractivity (Wildman–Crippen MR) is 166 cm³/mol. The molecule has 6 unspecified atom stereocenters. The van der Waals surface area contributed by atoms with Crippen molar-refractivity contribution < 1.29 is 17.0 Å². The first-order chi connectivity index (χ1) is 15.2. The molecule has 0 fully saturated rings. The molecular weight excluding hydrogens is 553 g/mol. The summed E-state index contributed by atoms with van der Waals surface area (Å²) in [5.74, 6) is 3.19. The van der Waals surface area contributed by atoms with Gasteiger partial charge in [-0.1, -0.05) is 0 Å². The number of hydrogen-bond acceptors (Lipinski definition) is 0. The summed E-state index contributed by atoms with van der Waals surface area (Å²) >= 11 is 0.934. The molecule has 0 N–H and O–H groups in total. The topological polar surface area (TPSA) is 0 Å². The molecule has 0 aromatic carbocycles. The third-order valence-corrected chi connectivity index (χ3v) is 16.6. The molecule has 0 aliphatic carbocycles. The summed E-state index contributed by atoms with van der Waals surface area (Å²) in [6.45, 7) is 47.0. The van der Waals surface area contributed by atoms with Crippen LogP contribution in [0.2, 0.25) is 0 Å². The second-order valence-corrected chi connectivity index (χ2v) is 26.8. The zero-order chi connectivity index (χ0) is 28.3. The predicted octanol–water partition coefficient (Wildman–Crippen LogP) is 11.8. The van der Waals surface area contributed by atoms with Crippen LogP contribution in [0, 0.1) is 56.2 Å². The minimum atomic E-state index is 0.369. The molecule has 0 rings (SSSR count). The molecule has 0 amide bonds. The molecule has 3 heteroatoms. The third-order valence-electron chi connectivity index (χ3n) is 7.77. The van der Waals surface area contributed by atoms with Crippen molar-refractivity contribution in [1.82, 2.24) is 0 Å². The zero-order valence-electron chi connectivity index (χ0n) is 27.5. The van der Waals surface area contributed by atoms with Gasteiger partial charge in [0.05, 0.1) is 0 Å². The standard InChI is InChI=1S/2C16H34P.Pd/c2*1-14(2,3)10-12(15(4,5)6)13(11-17)16(7,8)9;/h2*12-13,17H,10-11H2,1-9H3;/q2*-1;+2. The molecule has 0 bridgehead atoms. The van der Waals surface area contributed by atoms with Crippen molar-refractivity contribution in [3.63, 3.8) is 0 Å². The van der Waals surface area contributed by atoms with Crippen molar-refractivity contribution in [3.05, 3.63) is 0 Å². The SMILES string of the molecule is CC(C)(C)CC(C(C[PH][Pd][PH]CC(C(CC(C)(C)C)C(C)(C)C)C(C)(C)C)C(C)(C)C)C(C)(C)C. The Labute approximate surface area is 235 Å². The average Bonchev–Trinajstić information content (AvgIpc) is 2.52. The van der Waals surface area contributed by atoms with Gasteiger partial charge in [0.2, 0.25) is 0 Å². The molecule has 6 atom stereocenters. The van der Waals surface area contributed by atoms with E-state index in [9.17, 15) is 0 Å². The van der Waals surface area contributed by atoms with Crippen LogP contribution in [0.5, 0.6) is 0 Å². The van der Waals surface area contributed by atoms with E-state index < -0.39 is 0 Å². The molecule has 35 heavy (non-hydrogen) atoms. The van der Waals surface area contributed by atoms with Crippen molar-refractivity contribution in [2.45, 2.75) is 137 Å². The summed E-state index contributed by atoms with van der Waals surface area (Å²) in [7, 11) is 0. The summed E-state index contributed by atoms with van der Waals surface area (Å²) in [6, 6.07) is 0. The van der Waals surface area contributed by atoms with Gasteiger partial charge in [-0.2, -0.15) is 0 Å². The van der Waals surface area contributed by atoms with E-state index >= 15 is 0 Å². The average molecular weight is 621 g/mol. The molecule has 0 aliphatic rings. The Bertz CT molecular complexity index is 542. The van der Waals surface area contributed by atoms with Crippen LogP contribution in [0.4, 0.5) is 0 Å². The molecule has 0 aromatic rings. The Morgan fingerprint density at radius 1 is 0.400 bits per heavy atom. The van der Waals surface area contributed by atoms with Crippen molar-refractivity contribution in [3.8, 4) is 0 Å². The fraction of sp³-hybridized carbons (Fsp3) is 1.00. The van der Waals surface area contributed by atoms with E-state index in [2.05, 4.69) is 125 Å². The van der Waals surface area contributed by atoms with Gasteiger partial charge in [-0.25, -0.2) is 0 Å². The van der Waals surface area contributed by atoms with E-state index in [0.717, 1.165) is 54.2 Å². The molecule has 0 aliphatic heterocycles. The summed E-state index contributed by atoms with van der Waals surface area (Å²) in [5, 5.41) is 0. The van der Waals surface area contributed by atoms with Crippen molar-refractivity contribution in [1.29, 1.82) is 0 Å². The van der Waals surface area contributed by atoms with E-state index in [-0.39, 0.29) is 0 Å². The normalized spacial score (nSPS) is 19.1. The molecular formula is C32H68P2Pd. The van der Waals surface area contributed by atoms with Crippen molar-refractivity contribution in [2.24, 2.45) is 56.2 Å². The van der Waals surface area contributed by atoms with Crippen molar-refractivity contribution >= 4 is 13.5 Å². The third kappa shape index (κ3) is 15.0. The van der Waals surface area contributed by atoms with Gasteiger partial charge in [0.25, 0.3) is 0 Å². The summed E-state index contributed by atoms with van der Waals surface area (Å²) in [6.07, 6.45) is 5.55. The summed E-state index contributed by atoms with van der Waals surface area (Å²) in [5.41, 5.74) is 2.29. The Hall–Kier alpha value is 1.52. The van der Waals surface area contributed by atoms with Crippen LogP contribution in [-0.4, -0.2) is 12.3 Å². The van der Waals surface area contributed by atoms with Crippen molar-refractivity contribution in [2.75, 3.05) is 12.3 Å². The summed E-state index contributed by atoms with van der Waals surface area (Å²) < 4.78 is 0. The number of rotatable bonds is 10. The van der Waals surface area contributed by atoms with Gasteiger partial charge in [0, 0.05) is 0 Å². The summed E-state index contributed by atoms with van der Waals surface area (Å²) in [4.78, 5) is 0. The monoisotopic (exact) mass is 620 g/mol. The van der Waals surface area contributed by atoms with Gasteiger partial charge < -0.3 is 0 Å². The Morgan fingerprint density at radius 3 is 0.800 bits per heavy atom. The fourth-order valence-corrected chi connectivity index (χ4v) is 15.3. The molecule has 0 spiro atoms. The van der Waals surface area contributed by atoms with Gasteiger partial charge in [-0.3, -0.25) is 0 Å². The Morgan fingerprint density at radius 2 is 0.629 bits per heavy atom. The first-order valence-electron chi connectivity index (χ1n) is 14.2. The second kappa shape index (κ2) is 13.3. The molecule has 0 radical (unpaired) electrons. The molecule has 0 saturated heterocycles. The minimum absolute atomic E-state index is 0.369. The van der Waals surface area contributed by atoms with E-state index in [1.165, 1.54) is 25.2 Å². The van der Waals surface area contributed by atoms with Crippen LogP contribution in [-0.2, 0) is 17.0 Å². The van der Waals surface area contributed by atoms with Gasteiger partial charge in [0.1, 0.15) is 0 Å². The van der Waals surface area contributed by atoms with Crippen LogP contribution in [0.1, 0.15) is 137 Å². The van der Waals surface area contributed by atoms with E-state index in [1.54, 1.807) is 0 Å². The first-order valence-corrected chi connectivity index (χ1v) is 20.9. The maximum atomic E-state index is 2.51. The molecule has 0 nitrogen and oxygen atoms in total. The van der Waals surface area contributed by atoms with Crippen LogP contribution in [0.15, 0.2) is 0 Å². The van der Waals surface area contributed by atoms with Crippen LogP contribution < -0.4 is 0 Å². The van der Waals surface area contributed by atoms with Gasteiger partial charge in [0.15, 0.2) is 0 Å². The van der Waals surface area contributed by atoms with Crippen LogP contribution >= 0.6 is 13.5 Å². The van der Waals surface area contributed by atoms with Crippen LogP contribution in [0.25, 0.3) is 0 Å².